The molecule has 0 saturated heterocycles. The summed E-state index contributed by atoms with van der Waals surface area (Å²) in [6.07, 6.45) is -4.71. The van der Waals surface area contributed by atoms with Crippen LogP contribution in [-0.4, -0.2) is 27.7 Å². The Morgan fingerprint density at radius 1 is 1.19 bits per heavy atom. The highest BCUT2D eigenvalue weighted by Gasteiger charge is 2.39. The van der Waals surface area contributed by atoms with Crippen molar-refractivity contribution in [2.45, 2.75) is 25.6 Å². The van der Waals surface area contributed by atoms with Crippen LogP contribution in [-0.2, 0) is 0 Å². The average molecular weight is 464 g/mol. The van der Waals surface area contributed by atoms with Gasteiger partial charge in [-0.05, 0) is 24.6 Å². The van der Waals surface area contributed by atoms with Gasteiger partial charge in [-0.1, -0.05) is 24.6 Å². The maximum atomic E-state index is 14.4. The van der Waals surface area contributed by atoms with Gasteiger partial charge in [-0.2, -0.15) is 13.2 Å². The first-order valence-corrected chi connectivity index (χ1v) is 9.06. The Kier molecular flexibility index (Phi) is 5.99. The van der Waals surface area contributed by atoms with Crippen LogP contribution in [0.3, 0.4) is 0 Å². The molecule has 12 heteroatoms. The lowest BCUT2D eigenvalue weighted by Gasteiger charge is -2.20. The molecule has 1 atom stereocenters. The number of carbonyl (C=O) groups is 1. The van der Waals surface area contributed by atoms with E-state index in [1.54, 1.807) is 5.32 Å². The summed E-state index contributed by atoms with van der Waals surface area (Å²) in [7, 11) is 0. The third-order valence-electron chi connectivity index (χ3n) is 4.42. The van der Waals surface area contributed by atoms with Crippen molar-refractivity contribution in [3.05, 3.63) is 68.9 Å². The van der Waals surface area contributed by atoms with E-state index in [0.29, 0.717) is 16.8 Å². The van der Waals surface area contributed by atoms with E-state index in [0.717, 1.165) is 25.1 Å². The minimum absolute atomic E-state index is 0.500. The molecule has 0 fully saturated rings. The molecule has 164 valence electrons. The van der Waals surface area contributed by atoms with Crippen LogP contribution < -0.4 is 10.7 Å². The van der Waals surface area contributed by atoms with E-state index in [-0.39, 0.29) is 0 Å². The summed E-state index contributed by atoms with van der Waals surface area (Å²) in [5.74, 6) is -4.91. The zero-order chi connectivity index (χ0) is 23.1. The summed E-state index contributed by atoms with van der Waals surface area (Å²) in [4.78, 5) is 28.8. The van der Waals surface area contributed by atoms with Crippen molar-refractivity contribution in [3.63, 3.8) is 0 Å². The van der Waals surface area contributed by atoms with Gasteiger partial charge in [-0.15, -0.1) is 0 Å². The molecule has 1 aromatic carbocycles. The number of nitrogens with one attached hydrogen (secondary N) is 1. The van der Waals surface area contributed by atoms with Gasteiger partial charge in [0.25, 0.3) is 5.91 Å². The molecule has 0 spiro atoms. The molecular formula is C19H12ClF6N3O2. The topological polar surface area (TPSA) is 64.0 Å². The normalized spacial score (nSPS) is 12.8. The van der Waals surface area contributed by atoms with E-state index in [1.807, 2.05) is 0 Å². The zero-order valence-corrected chi connectivity index (χ0v) is 16.3. The third-order valence-corrected chi connectivity index (χ3v) is 4.69. The first-order chi connectivity index (χ1) is 14.5. The van der Waals surface area contributed by atoms with Gasteiger partial charge < -0.3 is 5.32 Å². The zero-order valence-electron chi connectivity index (χ0n) is 15.5. The number of aromatic nitrogens is 2. The summed E-state index contributed by atoms with van der Waals surface area (Å²) in [5, 5.41) is 0.319. The molecule has 3 rings (SSSR count). The Morgan fingerprint density at radius 3 is 2.35 bits per heavy atom. The predicted molar refractivity (Wildman–Crippen MR) is 99.8 cm³/mol. The van der Waals surface area contributed by atoms with Crippen LogP contribution in [0.4, 0.5) is 26.3 Å². The summed E-state index contributed by atoms with van der Waals surface area (Å²) in [6, 6.07) is 1.07. The van der Waals surface area contributed by atoms with Gasteiger partial charge in [-0.3, -0.25) is 14.2 Å². The number of rotatable bonds is 4. The average Bonchev–Trinajstić information content (AvgIpc) is 2.68. The lowest BCUT2D eigenvalue weighted by molar-refractivity contribution is -0.153. The van der Waals surface area contributed by atoms with Crippen molar-refractivity contribution >= 4 is 28.5 Å². The Morgan fingerprint density at radius 2 is 1.81 bits per heavy atom. The van der Waals surface area contributed by atoms with Crippen molar-refractivity contribution in [3.8, 4) is 5.69 Å². The molecule has 1 N–H and O–H groups in total. The van der Waals surface area contributed by atoms with E-state index in [1.165, 1.54) is 0 Å². The number of amides is 1. The fraction of sp³-hybridized carbons (Fsp3) is 0.211. The van der Waals surface area contributed by atoms with E-state index < -0.39 is 74.9 Å². The van der Waals surface area contributed by atoms with Gasteiger partial charge in [0.15, 0.2) is 16.6 Å². The van der Waals surface area contributed by atoms with E-state index >= 15 is 0 Å². The lowest BCUT2D eigenvalue weighted by Crippen LogP contribution is -2.46. The summed E-state index contributed by atoms with van der Waals surface area (Å²) in [5.41, 5.74) is -3.39. The number of halogens is 7. The van der Waals surface area contributed by atoms with Crippen molar-refractivity contribution in [2.24, 2.45) is 0 Å². The second-order valence-electron chi connectivity index (χ2n) is 6.42. The van der Waals surface area contributed by atoms with Crippen LogP contribution >= 0.6 is 11.6 Å². The van der Waals surface area contributed by atoms with Crippen LogP contribution in [0.15, 0.2) is 35.3 Å². The number of hydrogen-bond acceptors (Lipinski definition) is 3. The van der Waals surface area contributed by atoms with Gasteiger partial charge >= 0.3 is 6.18 Å². The summed E-state index contributed by atoms with van der Waals surface area (Å²) >= 11 is 5.63. The van der Waals surface area contributed by atoms with Gasteiger partial charge in [0, 0.05) is 6.20 Å². The minimum atomic E-state index is -4.81. The Bertz CT molecular complexity index is 1220. The van der Waals surface area contributed by atoms with Crippen LogP contribution in [0.5, 0.6) is 0 Å². The quantitative estimate of drug-likeness (QED) is 0.457. The number of pyridine rings is 2. The molecule has 0 bridgehead atoms. The fourth-order valence-corrected chi connectivity index (χ4v) is 3.04. The van der Waals surface area contributed by atoms with Gasteiger partial charge in [0.05, 0.1) is 5.39 Å². The monoisotopic (exact) mass is 463 g/mol. The molecule has 1 amide bonds. The molecule has 0 radical (unpaired) electrons. The van der Waals surface area contributed by atoms with E-state index in [4.69, 9.17) is 11.6 Å². The van der Waals surface area contributed by atoms with Crippen molar-refractivity contribution in [2.75, 3.05) is 0 Å². The summed E-state index contributed by atoms with van der Waals surface area (Å²) < 4.78 is 82.4. The fourth-order valence-electron chi connectivity index (χ4n) is 2.90. The first-order valence-electron chi connectivity index (χ1n) is 8.69. The smallest absolute Gasteiger partial charge is 0.340 e. The minimum Gasteiger partial charge on any atom is -0.340 e. The number of alkyl halides is 3. The van der Waals surface area contributed by atoms with E-state index in [2.05, 4.69) is 4.98 Å². The Hall–Kier alpha value is -3.08. The number of para-hydroxylation sites is 1. The lowest BCUT2D eigenvalue weighted by atomic mass is 10.1. The number of fused-ring (bicyclic) bond motifs is 1. The van der Waals surface area contributed by atoms with Crippen molar-refractivity contribution in [1.82, 2.24) is 14.9 Å². The molecule has 3 aromatic rings. The number of benzene rings is 1. The first kappa shape index (κ1) is 22.6. The predicted octanol–water partition coefficient (Wildman–Crippen LogP) is 4.53. The molecule has 0 aliphatic rings. The van der Waals surface area contributed by atoms with Crippen LogP contribution in [0.2, 0.25) is 5.15 Å². The van der Waals surface area contributed by atoms with Crippen LogP contribution in [0.25, 0.3) is 16.7 Å². The SMILES string of the molecule is CC[C@H](NC(=O)c1cn(-c2c(F)cccc2F)c2nc(Cl)c(F)cc2c1=O)C(F)(F)F. The van der Waals surface area contributed by atoms with Crippen LogP contribution in [0.1, 0.15) is 23.7 Å². The Labute approximate surface area is 175 Å². The molecule has 5 nitrogen and oxygen atoms in total. The molecule has 0 unspecified atom stereocenters. The number of nitrogens with zero attached hydrogens (tertiary/aromatic N) is 2. The second kappa shape index (κ2) is 8.22. The molecule has 0 aliphatic carbocycles. The molecule has 2 heterocycles. The van der Waals surface area contributed by atoms with Crippen molar-refractivity contribution in [1.29, 1.82) is 0 Å². The van der Waals surface area contributed by atoms with Gasteiger partial charge in [0.1, 0.15) is 28.9 Å². The Balaban J connectivity index is 2.32. The number of hydrogen-bond donors (Lipinski definition) is 1. The molecular weight excluding hydrogens is 452 g/mol. The van der Waals surface area contributed by atoms with Crippen LogP contribution in [0, 0.1) is 17.5 Å². The highest BCUT2D eigenvalue weighted by molar-refractivity contribution is 6.29. The summed E-state index contributed by atoms with van der Waals surface area (Å²) in [6.45, 7) is 1.16. The third kappa shape index (κ3) is 4.22. The second-order valence-corrected chi connectivity index (χ2v) is 6.78. The van der Waals surface area contributed by atoms with Gasteiger partial charge in [-0.25, -0.2) is 18.2 Å². The highest BCUT2D eigenvalue weighted by atomic mass is 35.5. The number of carbonyl (C=O) groups excluding carboxylic acids is 1. The molecule has 31 heavy (non-hydrogen) atoms. The highest BCUT2D eigenvalue weighted by Crippen LogP contribution is 2.25. The standard InChI is InChI=1S/C19H12ClF6N3O2/c1-2-13(19(24,25)26)27-18(31)9-7-29(14-10(21)4-3-5-11(14)22)17-8(15(9)30)6-12(23)16(20)28-17/h3-7,13H,2H2,1H3,(H,27,31)/t13-/m0/s1. The largest absolute Gasteiger partial charge is 0.408 e. The maximum Gasteiger partial charge on any atom is 0.408 e. The maximum absolute atomic E-state index is 14.4. The molecule has 2 aromatic heterocycles. The molecule has 0 saturated carbocycles. The van der Waals surface area contributed by atoms with Gasteiger partial charge in [0.2, 0.25) is 5.43 Å². The van der Waals surface area contributed by atoms with Crippen molar-refractivity contribution < 1.29 is 31.1 Å². The molecule has 0 aliphatic heterocycles. The van der Waals surface area contributed by atoms with E-state index in [9.17, 15) is 35.9 Å².